The average Bonchev–Trinajstić information content (AvgIpc) is 3.10. The zero-order chi connectivity index (χ0) is 32.8. The van der Waals surface area contributed by atoms with Gasteiger partial charge in [-0.3, -0.25) is 14.4 Å². The van der Waals surface area contributed by atoms with E-state index in [4.69, 9.17) is 14.2 Å². The van der Waals surface area contributed by atoms with Crippen LogP contribution in [0, 0.1) is 11.3 Å². The van der Waals surface area contributed by atoms with Gasteiger partial charge in [0.05, 0.1) is 33.0 Å². The molecule has 0 saturated carbocycles. The van der Waals surface area contributed by atoms with E-state index in [1.165, 1.54) is 7.11 Å². The van der Waals surface area contributed by atoms with Gasteiger partial charge in [-0.15, -0.1) is 0 Å². The maximum atomic E-state index is 14.3. The molecule has 8 heteroatoms. The average molecular weight is 633 g/mol. The summed E-state index contributed by atoms with van der Waals surface area (Å²) >= 11 is 0. The Kier molecular flexibility index (Phi) is 9.80. The summed E-state index contributed by atoms with van der Waals surface area (Å²) in [6.45, 7) is 3.05. The Balaban J connectivity index is 1.26. The summed E-state index contributed by atoms with van der Waals surface area (Å²) in [5.74, 6) is -1.73. The molecule has 0 aromatic heterocycles. The van der Waals surface area contributed by atoms with Gasteiger partial charge in [0.25, 0.3) is 0 Å². The fourth-order valence-electron chi connectivity index (χ4n) is 6.88. The molecule has 4 aromatic rings. The number of piperidine rings is 1. The molecule has 2 aliphatic heterocycles. The van der Waals surface area contributed by atoms with Gasteiger partial charge in [-0.1, -0.05) is 103 Å². The minimum absolute atomic E-state index is 0.0722. The van der Waals surface area contributed by atoms with Crippen LogP contribution in [0.1, 0.15) is 36.5 Å². The highest BCUT2D eigenvalue weighted by Crippen LogP contribution is 2.50. The van der Waals surface area contributed by atoms with Crippen molar-refractivity contribution < 1.29 is 28.6 Å². The van der Waals surface area contributed by atoms with E-state index in [9.17, 15) is 14.4 Å². The third-order valence-corrected chi connectivity index (χ3v) is 9.26. The van der Waals surface area contributed by atoms with E-state index in [2.05, 4.69) is 5.32 Å². The number of likely N-dealkylation sites (tertiary alicyclic amines) is 1. The molecule has 0 aliphatic carbocycles. The lowest BCUT2D eigenvalue weighted by molar-refractivity contribution is -0.178. The molecular formula is C39H40N2O6. The molecule has 0 radical (unpaired) electrons. The van der Waals surface area contributed by atoms with Crippen LogP contribution in [0.15, 0.2) is 115 Å². The Bertz CT molecular complexity index is 1750. The van der Waals surface area contributed by atoms with Crippen molar-refractivity contribution in [1.29, 1.82) is 0 Å². The molecule has 8 nitrogen and oxygen atoms in total. The van der Waals surface area contributed by atoms with E-state index in [1.54, 1.807) is 4.90 Å². The number of methoxy groups -OCH3 is 1. The molecule has 2 amide bonds. The van der Waals surface area contributed by atoms with Gasteiger partial charge < -0.3 is 24.4 Å². The van der Waals surface area contributed by atoms with Gasteiger partial charge >= 0.3 is 5.97 Å². The van der Waals surface area contributed by atoms with E-state index in [0.29, 0.717) is 18.8 Å². The van der Waals surface area contributed by atoms with E-state index in [1.807, 2.05) is 116 Å². The van der Waals surface area contributed by atoms with Gasteiger partial charge in [-0.05, 0) is 46.9 Å². The van der Waals surface area contributed by atoms with Crippen LogP contribution >= 0.6 is 0 Å². The predicted molar refractivity (Wildman–Crippen MR) is 178 cm³/mol. The first-order valence-corrected chi connectivity index (χ1v) is 16.1. The van der Waals surface area contributed by atoms with Crippen molar-refractivity contribution in [2.24, 2.45) is 11.3 Å². The SMILES string of the molecule is COC(=O)[C@]12C[C@H](CC(=O)NCc3cccc4ccccc34)C(=O)N(Cc3ccccc3)C1=C[C@H](COCc1ccccc1)O[C@@H]2C. The summed E-state index contributed by atoms with van der Waals surface area (Å²) in [6.07, 6.45) is 0.716. The molecule has 1 N–H and O–H groups in total. The van der Waals surface area contributed by atoms with Gasteiger partial charge in [0.1, 0.15) is 11.5 Å². The van der Waals surface area contributed by atoms with Gasteiger partial charge in [-0.25, -0.2) is 0 Å². The first-order valence-electron chi connectivity index (χ1n) is 16.1. The van der Waals surface area contributed by atoms with Crippen molar-refractivity contribution in [2.75, 3.05) is 13.7 Å². The largest absolute Gasteiger partial charge is 0.468 e. The monoisotopic (exact) mass is 632 g/mol. The Morgan fingerprint density at radius 1 is 0.915 bits per heavy atom. The van der Waals surface area contributed by atoms with Crippen LogP contribution in [-0.2, 0) is 48.3 Å². The van der Waals surface area contributed by atoms with Gasteiger partial charge in [-0.2, -0.15) is 0 Å². The van der Waals surface area contributed by atoms with Crippen molar-refractivity contribution in [3.63, 3.8) is 0 Å². The normalized spacial score (nSPS) is 22.3. The lowest BCUT2D eigenvalue weighted by Crippen LogP contribution is -2.60. The third kappa shape index (κ3) is 6.84. The minimum Gasteiger partial charge on any atom is -0.468 e. The van der Waals surface area contributed by atoms with E-state index < -0.39 is 29.5 Å². The summed E-state index contributed by atoms with van der Waals surface area (Å²) in [4.78, 5) is 43.2. The van der Waals surface area contributed by atoms with Crippen LogP contribution in [0.4, 0.5) is 0 Å². The van der Waals surface area contributed by atoms with Crippen LogP contribution in [0.5, 0.6) is 0 Å². The summed E-state index contributed by atoms with van der Waals surface area (Å²) in [7, 11) is 1.35. The molecule has 0 unspecified atom stereocenters. The third-order valence-electron chi connectivity index (χ3n) is 9.26. The van der Waals surface area contributed by atoms with Gasteiger partial charge in [0, 0.05) is 24.6 Å². The summed E-state index contributed by atoms with van der Waals surface area (Å²) in [5.41, 5.74) is 2.18. The second-order valence-electron chi connectivity index (χ2n) is 12.3. The number of esters is 1. The number of nitrogens with one attached hydrogen (secondary N) is 1. The number of amides is 2. The molecule has 47 heavy (non-hydrogen) atoms. The quantitative estimate of drug-likeness (QED) is 0.206. The molecule has 4 aromatic carbocycles. The first-order chi connectivity index (χ1) is 22.9. The maximum Gasteiger partial charge on any atom is 0.320 e. The molecule has 6 rings (SSSR count). The van der Waals surface area contributed by atoms with E-state index in [-0.39, 0.29) is 37.8 Å². The van der Waals surface area contributed by atoms with Crippen molar-refractivity contribution >= 4 is 28.6 Å². The van der Waals surface area contributed by atoms with Gasteiger partial charge in [0.15, 0.2) is 0 Å². The molecule has 1 fully saturated rings. The van der Waals surface area contributed by atoms with Crippen molar-refractivity contribution in [3.05, 3.63) is 132 Å². The highest BCUT2D eigenvalue weighted by atomic mass is 16.5. The Hall–Kier alpha value is -4.79. The number of hydrogen-bond donors (Lipinski definition) is 1. The second kappa shape index (κ2) is 14.3. The molecule has 2 aliphatic rings. The van der Waals surface area contributed by atoms with E-state index >= 15 is 0 Å². The number of fused-ring (bicyclic) bond motifs is 2. The number of carbonyl (C=O) groups is 3. The smallest absolute Gasteiger partial charge is 0.320 e. The number of rotatable bonds is 11. The second-order valence-corrected chi connectivity index (χ2v) is 12.3. The molecular weight excluding hydrogens is 592 g/mol. The Morgan fingerprint density at radius 3 is 2.34 bits per heavy atom. The van der Waals surface area contributed by atoms with Crippen molar-refractivity contribution in [1.82, 2.24) is 10.2 Å². The molecule has 2 heterocycles. The number of hydrogen-bond acceptors (Lipinski definition) is 6. The lowest BCUT2D eigenvalue weighted by atomic mass is 9.66. The van der Waals surface area contributed by atoms with Crippen molar-refractivity contribution in [3.8, 4) is 0 Å². The van der Waals surface area contributed by atoms with Crippen LogP contribution in [0.2, 0.25) is 0 Å². The van der Waals surface area contributed by atoms with E-state index in [0.717, 1.165) is 27.5 Å². The Labute approximate surface area is 275 Å². The standard InChI is InChI=1S/C39H40N2O6/c1-27-39(38(44)45-2)22-32(20-36(42)40-23-31-18-11-17-30-16-9-10-19-34(30)31)37(43)41(24-28-12-5-3-6-13-28)35(39)21-33(47-27)26-46-25-29-14-7-4-8-15-29/h3-19,21,27,32-33H,20,22-26H2,1-2H3,(H,40,42)/t27-,32+,33-,39+/m1/s1. The molecule has 0 bridgehead atoms. The number of nitrogens with zero attached hydrogens (tertiary/aromatic N) is 1. The highest BCUT2D eigenvalue weighted by molar-refractivity contribution is 5.93. The lowest BCUT2D eigenvalue weighted by Gasteiger charge is -2.51. The van der Waals surface area contributed by atoms with Gasteiger partial charge in [0.2, 0.25) is 11.8 Å². The number of ether oxygens (including phenoxy) is 3. The zero-order valence-corrected chi connectivity index (χ0v) is 26.8. The summed E-state index contributed by atoms with van der Waals surface area (Å²) in [6, 6.07) is 33.5. The fraction of sp³-hybridized carbons (Fsp3) is 0.308. The maximum absolute atomic E-state index is 14.3. The molecule has 4 atom stereocenters. The number of carbonyl (C=O) groups excluding carboxylic acids is 3. The predicted octanol–water partition coefficient (Wildman–Crippen LogP) is 5.94. The van der Waals surface area contributed by atoms with Crippen LogP contribution in [-0.4, -0.2) is 48.6 Å². The summed E-state index contributed by atoms with van der Waals surface area (Å²) < 4.78 is 17.8. The van der Waals surface area contributed by atoms with Crippen LogP contribution in [0.3, 0.4) is 0 Å². The zero-order valence-electron chi connectivity index (χ0n) is 26.8. The fourth-order valence-corrected chi connectivity index (χ4v) is 6.88. The molecule has 242 valence electrons. The van der Waals surface area contributed by atoms with Crippen molar-refractivity contribution in [2.45, 2.75) is 51.7 Å². The topological polar surface area (TPSA) is 94.2 Å². The highest BCUT2D eigenvalue weighted by Gasteiger charge is 2.59. The Morgan fingerprint density at radius 2 is 1.60 bits per heavy atom. The minimum atomic E-state index is -1.28. The van der Waals surface area contributed by atoms with Crippen LogP contribution < -0.4 is 5.32 Å². The first kappa shape index (κ1) is 32.2. The van der Waals surface area contributed by atoms with Crippen LogP contribution in [0.25, 0.3) is 10.8 Å². The molecule has 0 spiro atoms. The molecule has 1 saturated heterocycles. The number of benzene rings is 4. The summed E-state index contributed by atoms with van der Waals surface area (Å²) in [5, 5.41) is 5.17.